The average molecular weight is 460 g/mol. The largest absolute Gasteiger partial charge is 0.454 e. The van der Waals surface area contributed by atoms with Gasteiger partial charge in [0.1, 0.15) is 11.4 Å². The molecule has 8 nitrogen and oxygen atoms in total. The number of carbonyl (C=O) groups excluding carboxylic acids is 2. The van der Waals surface area contributed by atoms with Crippen LogP contribution in [-0.4, -0.2) is 21.8 Å². The van der Waals surface area contributed by atoms with Gasteiger partial charge >= 0.3 is 0 Å². The van der Waals surface area contributed by atoms with Gasteiger partial charge in [0.25, 0.3) is 11.7 Å². The van der Waals surface area contributed by atoms with Crippen LogP contribution < -0.4 is 21.3 Å². The van der Waals surface area contributed by atoms with E-state index < -0.39 is 28.6 Å². The fourth-order valence-electron chi connectivity index (χ4n) is 4.64. The molecule has 1 saturated carbocycles. The van der Waals surface area contributed by atoms with Crippen LogP contribution in [0.4, 0.5) is 5.69 Å². The van der Waals surface area contributed by atoms with Crippen LogP contribution in [0.2, 0.25) is 0 Å². The number of rotatable bonds is 2. The molecule has 1 aromatic heterocycles. The minimum atomic E-state index is -2.19. The quantitative estimate of drug-likeness (QED) is 0.435. The molecule has 0 saturated heterocycles. The number of pyridine rings is 1. The van der Waals surface area contributed by atoms with Gasteiger partial charge in [0.2, 0.25) is 16.9 Å². The molecule has 3 aliphatic rings. The third kappa shape index (κ3) is 3.06. The van der Waals surface area contributed by atoms with Crippen LogP contribution in [0.25, 0.3) is 0 Å². The maximum Gasteiger partial charge on any atom is 0.271 e. The molecular formula is C26H25N3O5. The Morgan fingerprint density at radius 2 is 1.68 bits per heavy atom. The number of H-pyrrole nitrogens is 1. The summed E-state index contributed by atoms with van der Waals surface area (Å²) in [5, 5.41) is 14.2. The predicted molar refractivity (Wildman–Crippen MR) is 125 cm³/mol. The molecule has 0 bridgehead atoms. The lowest BCUT2D eigenvalue weighted by Crippen LogP contribution is -2.60. The zero-order valence-corrected chi connectivity index (χ0v) is 18.8. The second kappa shape index (κ2) is 7.56. The topological polar surface area (TPSA) is 135 Å². The lowest BCUT2D eigenvalue weighted by atomic mass is 9.83. The average Bonchev–Trinajstić information content (AvgIpc) is 3.34. The number of anilines is 1. The van der Waals surface area contributed by atoms with Gasteiger partial charge in [-0.3, -0.25) is 14.4 Å². The Bertz CT molecular complexity index is 1380. The van der Waals surface area contributed by atoms with Gasteiger partial charge in [-0.2, -0.15) is 0 Å². The van der Waals surface area contributed by atoms with Crippen molar-refractivity contribution >= 4 is 17.4 Å². The first kappa shape index (κ1) is 21.9. The molecule has 6 rings (SSSR count). The van der Waals surface area contributed by atoms with Crippen molar-refractivity contribution in [3.05, 3.63) is 93.4 Å². The van der Waals surface area contributed by atoms with E-state index in [1.807, 2.05) is 0 Å². The first-order valence-corrected chi connectivity index (χ1v) is 11.2. The third-order valence-electron chi connectivity index (χ3n) is 6.91. The highest BCUT2D eigenvalue weighted by molar-refractivity contribution is 6.15. The molecule has 2 heterocycles. The Labute approximate surface area is 195 Å². The molecule has 2 aromatic carbocycles. The van der Waals surface area contributed by atoms with Crippen molar-refractivity contribution in [1.82, 2.24) is 10.3 Å². The Morgan fingerprint density at radius 3 is 2.35 bits per heavy atom. The van der Waals surface area contributed by atoms with Crippen LogP contribution in [0.5, 0.6) is 5.75 Å². The lowest BCUT2D eigenvalue weighted by Gasteiger charge is -2.34. The molecule has 4 atom stereocenters. The highest BCUT2D eigenvalue weighted by Crippen LogP contribution is 2.58. The van der Waals surface area contributed by atoms with Crippen LogP contribution in [-0.2, 0) is 11.3 Å². The summed E-state index contributed by atoms with van der Waals surface area (Å²) in [5.41, 5.74) is 4.25. The number of Topliss-reactive ketones (excluding diaryl/α,β-unsaturated/α-hetero) is 1. The van der Waals surface area contributed by atoms with Crippen molar-refractivity contribution < 1.29 is 19.4 Å². The highest BCUT2D eigenvalue weighted by atomic mass is 16.6. The number of aliphatic hydroxyl groups is 1. The summed E-state index contributed by atoms with van der Waals surface area (Å²) >= 11 is 0. The Hall–Kier alpha value is -3.91. The fourth-order valence-corrected chi connectivity index (χ4v) is 4.64. The number of aromatic amines is 1. The minimum absolute atomic E-state index is 0.0599. The minimum Gasteiger partial charge on any atom is -0.454 e. The molecule has 2 aliphatic carbocycles. The highest BCUT2D eigenvalue weighted by Gasteiger charge is 2.72. The zero-order chi connectivity index (χ0) is 24.3. The standard InChI is InChI=1S/C21H15N3O5.C5H10/c22-13-7-3-6-12-17(13)18(26)20(24-19(27)14-8-4-10-16(25)23-14)11-5-1-2-9-15(11)29-21(12,20)28;1-4-3-5(4)2/h1-10,28H,22H2,(H,23,25)(H,24,27);4-5H,3H2,1-2H3/t20-,21-;4-,5?/m00/s1. The van der Waals surface area contributed by atoms with Crippen molar-refractivity contribution in [1.29, 1.82) is 0 Å². The van der Waals surface area contributed by atoms with E-state index in [0.29, 0.717) is 5.56 Å². The van der Waals surface area contributed by atoms with Crippen molar-refractivity contribution in [3.63, 3.8) is 0 Å². The van der Waals surface area contributed by atoms with Gasteiger partial charge in [-0.25, -0.2) is 0 Å². The van der Waals surface area contributed by atoms with E-state index in [-0.39, 0.29) is 28.3 Å². The molecule has 0 spiro atoms. The molecule has 34 heavy (non-hydrogen) atoms. The molecule has 1 fully saturated rings. The van der Waals surface area contributed by atoms with Gasteiger partial charge < -0.3 is 25.9 Å². The molecule has 174 valence electrons. The van der Waals surface area contributed by atoms with Crippen molar-refractivity contribution in [3.8, 4) is 5.75 Å². The summed E-state index contributed by atoms with van der Waals surface area (Å²) in [4.78, 5) is 40.6. The van der Waals surface area contributed by atoms with Gasteiger partial charge in [-0.15, -0.1) is 0 Å². The predicted octanol–water partition coefficient (Wildman–Crippen LogP) is 2.68. The third-order valence-corrected chi connectivity index (χ3v) is 6.91. The molecule has 1 aliphatic heterocycles. The molecule has 1 amide bonds. The molecule has 1 unspecified atom stereocenters. The molecule has 5 N–H and O–H groups in total. The van der Waals surface area contributed by atoms with Crippen LogP contribution in [0.3, 0.4) is 0 Å². The number of nitrogens with one attached hydrogen (secondary N) is 2. The maximum atomic E-state index is 13.6. The normalized spacial score (nSPS) is 27.4. The van der Waals surface area contributed by atoms with Crippen LogP contribution >= 0.6 is 0 Å². The number of para-hydroxylation sites is 1. The number of ketones is 1. The number of nitrogen functional groups attached to an aromatic ring is 1. The van der Waals surface area contributed by atoms with Crippen LogP contribution in [0, 0.1) is 11.8 Å². The van der Waals surface area contributed by atoms with Crippen molar-refractivity contribution in [2.24, 2.45) is 11.8 Å². The number of fused-ring (bicyclic) bond motifs is 5. The van der Waals surface area contributed by atoms with Crippen LogP contribution in [0.15, 0.2) is 65.5 Å². The molecule has 8 heteroatoms. The second-order valence-electron chi connectivity index (χ2n) is 9.16. The monoisotopic (exact) mass is 459 g/mol. The van der Waals surface area contributed by atoms with Gasteiger partial charge in [0.05, 0.1) is 5.56 Å². The summed E-state index contributed by atoms with van der Waals surface area (Å²) in [7, 11) is 0. The number of ether oxygens (including phenoxy) is 1. The van der Waals surface area contributed by atoms with Gasteiger partial charge in [0.15, 0.2) is 0 Å². The summed E-state index contributed by atoms with van der Waals surface area (Å²) in [6.45, 7) is 4.59. The second-order valence-corrected chi connectivity index (χ2v) is 9.16. The van der Waals surface area contributed by atoms with E-state index in [4.69, 9.17) is 10.5 Å². The Morgan fingerprint density at radius 1 is 1.03 bits per heavy atom. The van der Waals surface area contributed by atoms with E-state index in [1.165, 1.54) is 36.8 Å². The zero-order valence-electron chi connectivity index (χ0n) is 18.8. The van der Waals surface area contributed by atoms with Crippen LogP contribution in [0.1, 0.15) is 52.2 Å². The number of aromatic nitrogens is 1. The molecular weight excluding hydrogens is 434 g/mol. The van der Waals surface area contributed by atoms with Crippen molar-refractivity contribution in [2.75, 3.05) is 5.73 Å². The Balaban J connectivity index is 0.000000429. The number of nitrogens with two attached hydrogens (primary N) is 1. The summed E-state index contributed by atoms with van der Waals surface area (Å²) in [5.74, 6) is -1.17. The number of carbonyl (C=O) groups is 2. The molecule has 3 aromatic rings. The van der Waals surface area contributed by atoms with E-state index >= 15 is 0 Å². The van der Waals surface area contributed by atoms with Gasteiger partial charge in [-0.1, -0.05) is 50.2 Å². The number of hydrogen-bond donors (Lipinski definition) is 4. The smallest absolute Gasteiger partial charge is 0.271 e. The van der Waals surface area contributed by atoms with Gasteiger partial charge in [0, 0.05) is 22.9 Å². The number of amides is 1. The van der Waals surface area contributed by atoms with E-state index in [9.17, 15) is 19.5 Å². The summed E-state index contributed by atoms with van der Waals surface area (Å²) in [6, 6.07) is 15.3. The first-order chi connectivity index (χ1) is 16.2. The van der Waals surface area contributed by atoms with Crippen molar-refractivity contribution in [2.45, 2.75) is 31.6 Å². The number of hydrogen-bond acceptors (Lipinski definition) is 6. The maximum absolute atomic E-state index is 13.6. The first-order valence-electron chi connectivity index (χ1n) is 11.2. The summed E-state index contributed by atoms with van der Waals surface area (Å²) < 4.78 is 5.83. The van der Waals surface area contributed by atoms with Gasteiger partial charge in [-0.05, 0) is 36.5 Å². The number of benzene rings is 2. The SMILES string of the molecule is CC1C[C@@H]1C.Nc1cccc2c1C(=O)[C@@]1(NC(=O)c3cccc(=O)[nH]3)c3ccccc3O[C@@]21O. The lowest BCUT2D eigenvalue weighted by molar-refractivity contribution is -0.169. The van der Waals surface area contributed by atoms with E-state index in [2.05, 4.69) is 24.1 Å². The fraction of sp³-hybridized carbons (Fsp3) is 0.269. The Kier molecular flexibility index (Phi) is 4.87. The summed E-state index contributed by atoms with van der Waals surface area (Å²) in [6.07, 6.45) is 1.47. The van der Waals surface area contributed by atoms with E-state index in [0.717, 1.165) is 11.8 Å². The van der Waals surface area contributed by atoms with E-state index in [1.54, 1.807) is 30.3 Å². The molecule has 0 radical (unpaired) electrons.